The lowest BCUT2D eigenvalue weighted by Crippen LogP contribution is -2.33. The number of ether oxygens (including phenoxy) is 1. The number of hydrogen-bond donors (Lipinski definition) is 4. The number of hydrogen-bond acceptors (Lipinski definition) is 8. The minimum atomic E-state index is -1.21. The van der Waals surface area contributed by atoms with Crippen molar-refractivity contribution < 1.29 is 20.1 Å². The zero-order valence-electron chi connectivity index (χ0n) is 14.8. The highest BCUT2D eigenvalue weighted by Gasteiger charge is 2.44. The fourth-order valence-corrected chi connectivity index (χ4v) is 2.85. The Bertz CT molecular complexity index is 828. The maximum Gasteiger partial charge on any atom is 0.208 e. The molecule has 1 aliphatic heterocycles. The molecule has 2 aromatic rings. The number of aliphatic hydroxyl groups is 3. The Hall–Kier alpha value is -2.25. The molecule has 3 heterocycles. The van der Waals surface area contributed by atoms with Crippen molar-refractivity contribution in [3.8, 4) is 11.8 Å². The van der Waals surface area contributed by atoms with E-state index in [4.69, 9.17) is 4.74 Å². The van der Waals surface area contributed by atoms with Crippen LogP contribution in [-0.2, 0) is 4.74 Å². The summed E-state index contributed by atoms with van der Waals surface area (Å²) in [5, 5.41) is 32.5. The van der Waals surface area contributed by atoms with E-state index in [2.05, 4.69) is 39.0 Å². The van der Waals surface area contributed by atoms with Gasteiger partial charge in [0.2, 0.25) is 5.82 Å². The number of aromatic nitrogens is 4. The lowest BCUT2D eigenvalue weighted by molar-refractivity contribution is -0.0511. The topological polar surface area (TPSA) is 126 Å². The van der Waals surface area contributed by atoms with E-state index >= 15 is 0 Å². The first kappa shape index (κ1) is 18.5. The minimum absolute atomic E-state index is 0.339. The molecule has 2 aromatic heterocycles. The summed E-state index contributed by atoms with van der Waals surface area (Å²) in [5.74, 6) is 6.85. The zero-order valence-corrected chi connectivity index (χ0v) is 14.8. The largest absolute Gasteiger partial charge is 0.394 e. The van der Waals surface area contributed by atoms with Gasteiger partial charge in [-0.2, -0.15) is 0 Å². The number of aliphatic hydroxyl groups excluding tert-OH is 3. The normalized spacial score (nSPS) is 25.3. The second-order valence-electron chi connectivity index (χ2n) is 6.10. The third-order valence-corrected chi connectivity index (χ3v) is 4.31. The first-order valence-electron chi connectivity index (χ1n) is 8.64. The molecule has 3 rings (SSSR count). The van der Waals surface area contributed by atoms with Crippen molar-refractivity contribution in [3.63, 3.8) is 0 Å². The Morgan fingerprint density at radius 3 is 2.77 bits per heavy atom. The second kappa shape index (κ2) is 7.97. The van der Waals surface area contributed by atoms with Crippen molar-refractivity contribution in [2.45, 2.75) is 50.7 Å². The molecule has 0 aliphatic carbocycles. The molecule has 0 saturated carbocycles. The number of fused-ring (bicyclic) bond motifs is 1. The average molecular weight is 361 g/mol. The molecule has 26 heavy (non-hydrogen) atoms. The maximum atomic E-state index is 10.3. The van der Waals surface area contributed by atoms with Crippen LogP contribution in [0.5, 0.6) is 0 Å². The molecule has 140 valence electrons. The Morgan fingerprint density at radius 2 is 2.12 bits per heavy atom. The van der Waals surface area contributed by atoms with Crippen LogP contribution in [0.3, 0.4) is 0 Å². The summed E-state index contributed by atoms with van der Waals surface area (Å²) in [5.41, 5.74) is 0.934. The van der Waals surface area contributed by atoms with E-state index in [1.54, 1.807) is 7.05 Å². The van der Waals surface area contributed by atoms with E-state index in [0.717, 1.165) is 19.3 Å². The van der Waals surface area contributed by atoms with E-state index in [0.29, 0.717) is 22.8 Å². The summed E-state index contributed by atoms with van der Waals surface area (Å²) in [6.07, 6.45) is 0.121. The molecule has 1 saturated heterocycles. The van der Waals surface area contributed by atoms with Gasteiger partial charge in [-0.05, 0) is 12.3 Å². The molecular formula is C17H23N5O4. The quantitative estimate of drug-likeness (QED) is 0.434. The Balaban J connectivity index is 2.00. The van der Waals surface area contributed by atoms with E-state index in [9.17, 15) is 15.3 Å². The molecule has 0 aromatic carbocycles. The summed E-state index contributed by atoms with van der Waals surface area (Å²) < 4.78 is 7.10. The van der Waals surface area contributed by atoms with Crippen LogP contribution in [0.2, 0.25) is 0 Å². The monoisotopic (exact) mass is 361 g/mol. The molecule has 0 bridgehead atoms. The molecule has 1 aliphatic rings. The van der Waals surface area contributed by atoms with E-state index in [-0.39, 0.29) is 0 Å². The first-order chi connectivity index (χ1) is 12.6. The molecule has 0 spiro atoms. The summed E-state index contributed by atoms with van der Waals surface area (Å²) in [4.78, 5) is 13.1. The van der Waals surface area contributed by atoms with Crippen LogP contribution in [0.25, 0.3) is 11.2 Å². The third-order valence-electron chi connectivity index (χ3n) is 4.31. The fourth-order valence-electron chi connectivity index (χ4n) is 2.85. The van der Waals surface area contributed by atoms with Crippen LogP contribution in [0, 0.1) is 11.8 Å². The molecule has 4 atom stereocenters. The van der Waals surface area contributed by atoms with E-state index < -0.39 is 31.1 Å². The van der Waals surface area contributed by atoms with Gasteiger partial charge in [0, 0.05) is 13.5 Å². The van der Waals surface area contributed by atoms with Crippen molar-refractivity contribution in [2.75, 3.05) is 19.0 Å². The Kier molecular flexibility index (Phi) is 5.68. The van der Waals surface area contributed by atoms with Crippen LogP contribution < -0.4 is 5.32 Å². The van der Waals surface area contributed by atoms with Crippen LogP contribution in [0.4, 0.5) is 5.82 Å². The maximum absolute atomic E-state index is 10.3. The highest BCUT2D eigenvalue weighted by Crippen LogP contribution is 2.32. The lowest BCUT2D eigenvalue weighted by Gasteiger charge is -2.16. The van der Waals surface area contributed by atoms with Crippen LogP contribution in [-0.4, -0.2) is 66.8 Å². The SMILES string of the molecule is CCCCC#Cc1nc(NC)c2ncn([C@@H]3O[C@H](CO)[C@H](O)C3O)c2n1. The standard InChI is InChI=1S/C17H23N5O4/c1-3-4-5-6-7-11-20-15(18-2)12-16(21-11)22(9-19-12)17-14(25)13(24)10(8-23)26-17/h9-10,13-14,17,23-25H,3-5,8H2,1-2H3,(H,18,20,21)/t10-,13+,14?,17-/m1/s1. The fraction of sp³-hybridized carbons (Fsp3) is 0.588. The average Bonchev–Trinajstić information content (AvgIpc) is 3.19. The summed E-state index contributed by atoms with van der Waals surface area (Å²) in [6, 6.07) is 0. The number of nitrogens with one attached hydrogen (secondary N) is 1. The predicted molar refractivity (Wildman–Crippen MR) is 94.3 cm³/mol. The van der Waals surface area contributed by atoms with Crippen LogP contribution >= 0.6 is 0 Å². The minimum Gasteiger partial charge on any atom is -0.394 e. The van der Waals surface area contributed by atoms with Crippen molar-refractivity contribution in [2.24, 2.45) is 0 Å². The van der Waals surface area contributed by atoms with Gasteiger partial charge < -0.3 is 25.4 Å². The van der Waals surface area contributed by atoms with Gasteiger partial charge in [-0.15, -0.1) is 0 Å². The molecular weight excluding hydrogens is 338 g/mol. The zero-order chi connectivity index (χ0) is 18.7. The first-order valence-corrected chi connectivity index (χ1v) is 8.64. The van der Waals surface area contributed by atoms with Crippen molar-refractivity contribution in [3.05, 3.63) is 12.2 Å². The van der Waals surface area contributed by atoms with Gasteiger partial charge in [0.05, 0.1) is 12.9 Å². The number of rotatable bonds is 5. The molecule has 1 fully saturated rings. The van der Waals surface area contributed by atoms with Gasteiger partial charge in [-0.1, -0.05) is 19.3 Å². The van der Waals surface area contributed by atoms with Crippen LogP contribution in [0.15, 0.2) is 6.33 Å². The Labute approximate surface area is 151 Å². The van der Waals surface area contributed by atoms with Gasteiger partial charge in [-0.25, -0.2) is 15.0 Å². The highest BCUT2D eigenvalue weighted by molar-refractivity contribution is 5.83. The summed E-state index contributed by atoms with van der Waals surface area (Å²) in [7, 11) is 1.72. The molecule has 9 nitrogen and oxygen atoms in total. The van der Waals surface area contributed by atoms with Gasteiger partial charge in [0.1, 0.15) is 18.3 Å². The van der Waals surface area contributed by atoms with Crippen LogP contribution in [0.1, 0.15) is 38.2 Å². The smallest absolute Gasteiger partial charge is 0.208 e. The number of unbranched alkanes of at least 4 members (excludes halogenated alkanes) is 2. The van der Waals surface area contributed by atoms with Crippen molar-refractivity contribution in [1.82, 2.24) is 19.5 Å². The number of anilines is 1. The molecule has 9 heteroatoms. The third kappa shape index (κ3) is 3.37. The molecule has 0 radical (unpaired) electrons. The predicted octanol–water partition coefficient (Wildman–Crippen LogP) is 0.0212. The summed E-state index contributed by atoms with van der Waals surface area (Å²) in [6.45, 7) is 1.70. The Morgan fingerprint density at radius 1 is 1.31 bits per heavy atom. The molecule has 0 amide bonds. The number of imidazole rings is 1. The number of nitrogens with zero attached hydrogens (tertiary/aromatic N) is 4. The molecule has 1 unspecified atom stereocenters. The summed E-state index contributed by atoms with van der Waals surface area (Å²) >= 11 is 0. The van der Waals surface area contributed by atoms with Gasteiger partial charge in [0.25, 0.3) is 0 Å². The van der Waals surface area contributed by atoms with Crippen molar-refractivity contribution in [1.29, 1.82) is 0 Å². The van der Waals surface area contributed by atoms with E-state index in [1.807, 2.05) is 0 Å². The lowest BCUT2D eigenvalue weighted by atomic mass is 10.1. The highest BCUT2D eigenvalue weighted by atomic mass is 16.6. The van der Waals surface area contributed by atoms with E-state index in [1.165, 1.54) is 10.9 Å². The van der Waals surface area contributed by atoms with Gasteiger partial charge in [-0.3, -0.25) is 4.57 Å². The second-order valence-corrected chi connectivity index (χ2v) is 6.10. The van der Waals surface area contributed by atoms with Gasteiger partial charge >= 0.3 is 0 Å². The van der Waals surface area contributed by atoms with Crippen molar-refractivity contribution >= 4 is 17.0 Å². The molecule has 4 N–H and O–H groups in total. The van der Waals surface area contributed by atoms with Gasteiger partial charge in [0.15, 0.2) is 23.2 Å².